The van der Waals surface area contributed by atoms with Gasteiger partial charge in [-0.1, -0.05) is 12.8 Å². The minimum atomic E-state index is -0.894. The maximum Gasteiger partial charge on any atom is 0.325 e. The smallest absolute Gasteiger partial charge is 0.325 e. The SMILES string of the molecule is O=C1NC2(CCCC2)C(=O)N1CCC(=O)N(Cc1ccco1)c1ccc(F)cc1F. The van der Waals surface area contributed by atoms with Crippen LogP contribution in [-0.4, -0.2) is 34.8 Å². The van der Waals surface area contributed by atoms with E-state index in [2.05, 4.69) is 5.32 Å². The summed E-state index contributed by atoms with van der Waals surface area (Å²) in [5.41, 5.74) is -0.959. The lowest BCUT2D eigenvalue weighted by atomic mass is 9.98. The molecule has 4 amide bonds. The first-order chi connectivity index (χ1) is 14.4. The van der Waals surface area contributed by atoms with Crippen LogP contribution in [0.15, 0.2) is 41.0 Å². The summed E-state index contributed by atoms with van der Waals surface area (Å²) in [4.78, 5) is 40.2. The van der Waals surface area contributed by atoms with Gasteiger partial charge in [-0.05, 0) is 37.1 Å². The average Bonchev–Trinajstić information content (AvgIpc) is 3.43. The molecule has 2 aromatic rings. The Morgan fingerprint density at radius 1 is 1.20 bits per heavy atom. The number of carbonyl (C=O) groups excluding carboxylic acids is 3. The van der Waals surface area contributed by atoms with Gasteiger partial charge in [0.15, 0.2) is 0 Å². The lowest BCUT2D eigenvalue weighted by Gasteiger charge is -2.24. The highest BCUT2D eigenvalue weighted by molar-refractivity contribution is 6.07. The highest BCUT2D eigenvalue weighted by atomic mass is 19.1. The third-order valence-corrected chi connectivity index (χ3v) is 5.65. The quantitative estimate of drug-likeness (QED) is 0.731. The van der Waals surface area contributed by atoms with Gasteiger partial charge >= 0.3 is 6.03 Å². The van der Waals surface area contributed by atoms with E-state index in [1.807, 2.05) is 0 Å². The molecule has 1 saturated carbocycles. The molecule has 1 spiro atoms. The zero-order chi connectivity index (χ0) is 21.3. The van der Waals surface area contributed by atoms with Gasteiger partial charge in [-0.3, -0.25) is 14.5 Å². The molecule has 1 aliphatic heterocycles. The summed E-state index contributed by atoms with van der Waals surface area (Å²) < 4.78 is 32.9. The minimum Gasteiger partial charge on any atom is -0.467 e. The van der Waals surface area contributed by atoms with Crippen LogP contribution in [0.5, 0.6) is 0 Å². The third-order valence-electron chi connectivity index (χ3n) is 5.65. The van der Waals surface area contributed by atoms with Crippen LogP contribution in [0.2, 0.25) is 0 Å². The molecule has 0 radical (unpaired) electrons. The van der Waals surface area contributed by atoms with Gasteiger partial charge in [0.05, 0.1) is 18.5 Å². The summed E-state index contributed by atoms with van der Waals surface area (Å²) in [5.74, 6) is -2.09. The van der Waals surface area contributed by atoms with E-state index in [4.69, 9.17) is 4.42 Å². The Balaban J connectivity index is 1.50. The molecule has 2 heterocycles. The van der Waals surface area contributed by atoms with Crippen molar-refractivity contribution in [3.05, 3.63) is 54.0 Å². The molecule has 1 N–H and O–H groups in total. The molecule has 0 bridgehead atoms. The number of hydrogen-bond donors (Lipinski definition) is 1. The van der Waals surface area contributed by atoms with Gasteiger partial charge in [0.2, 0.25) is 5.91 Å². The van der Waals surface area contributed by atoms with E-state index in [0.717, 1.165) is 28.7 Å². The van der Waals surface area contributed by atoms with Crippen LogP contribution in [0.3, 0.4) is 0 Å². The average molecular weight is 417 g/mol. The lowest BCUT2D eigenvalue weighted by Crippen LogP contribution is -2.44. The first-order valence-electron chi connectivity index (χ1n) is 9.81. The number of nitrogens with one attached hydrogen (secondary N) is 1. The van der Waals surface area contributed by atoms with Crippen molar-refractivity contribution in [2.45, 2.75) is 44.2 Å². The number of rotatable bonds is 6. The number of nitrogens with zero attached hydrogens (tertiary/aromatic N) is 2. The number of halogens is 2. The fourth-order valence-electron chi connectivity index (χ4n) is 4.11. The first-order valence-corrected chi connectivity index (χ1v) is 9.81. The highest BCUT2D eigenvalue weighted by Crippen LogP contribution is 2.35. The van der Waals surface area contributed by atoms with Crippen LogP contribution in [-0.2, 0) is 16.1 Å². The van der Waals surface area contributed by atoms with Gasteiger partial charge in [0.25, 0.3) is 5.91 Å². The Labute approximate surface area is 171 Å². The van der Waals surface area contributed by atoms with Crippen molar-refractivity contribution in [3.8, 4) is 0 Å². The van der Waals surface area contributed by atoms with Crippen molar-refractivity contribution in [1.82, 2.24) is 10.2 Å². The van der Waals surface area contributed by atoms with Crippen LogP contribution >= 0.6 is 0 Å². The summed E-state index contributed by atoms with van der Waals surface area (Å²) >= 11 is 0. The van der Waals surface area contributed by atoms with E-state index in [-0.39, 0.29) is 31.1 Å². The number of amides is 4. The van der Waals surface area contributed by atoms with Gasteiger partial charge in [0.1, 0.15) is 22.9 Å². The van der Waals surface area contributed by atoms with Gasteiger partial charge in [-0.2, -0.15) is 0 Å². The molecule has 7 nitrogen and oxygen atoms in total. The van der Waals surface area contributed by atoms with E-state index < -0.39 is 29.1 Å². The predicted molar refractivity (Wildman–Crippen MR) is 102 cm³/mol. The van der Waals surface area contributed by atoms with E-state index in [1.54, 1.807) is 12.1 Å². The standard InChI is InChI=1S/C21H21F2N3O4/c22-14-5-6-17(16(23)12-14)26(13-15-4-3-11-30-15)18(27)7-10-25-19(28)21(24-20(25)29)8-1-2-9-21/h3-6,11-12H,1-2,7-10,13H2,(H,24,29). The molecule has 2 fully saturated rings. The van der Waals surface area contributed by atoms with Crippen LogP contribution in [0.25, 0.3) is 0 Å². The molecule has 158 valence electrons. The molecule has 2 aliphatic rings. The van der Waals surface area contributed by atoms with Gasteiger partial charge < -0.3 is 14.6 Å². The number of urea groups is 1. The van der Waals surface area contributed by atoms with Crippen LogP contribution in [0.1, 0.15) is 37.9 Å². The second-order valence-corrected chi connectivity index (χ2v) is 7.58. The number of benzene rings is 1. The fraction of sp³-hybridized carbons (Fsp3) is 0.381. The lowest BCUT2D eigenvalue weighted by molar-refractivity contribution is -0.131. The molecule has 0 atom stereocenters. The van der Waals surface area contributed by atoms with Gasteiger partial charge in [-0.25, -0.2) is 13.6 Å². The maximum absolute atomic E-state index is 14.4. The normalized spacial score (nSPS) is 17.6. The van der Waals surface area contributed by atoms with Gasteiger partial charge in [-0.15, -0.1) is 0 Å². The Bertz CT molecular complexity index is 971. The number of furan rings is 1. The molecule has 1 saturated heterocycles. The predicted octanol–water partition coefficient (Wildman–Crippen LogP) is 3.35. The molecular weight excluding hydrogens is 396 g/mol. The second kappa shape index (κ2) is 7.89. The van der Waals surface area contributed by atoms with E-state index in [1.165, 1.54) is 12.3 Å². The van der Waals surface area contributed by atoms with Crippen molar-refractivity contribution in [2.24, 2.45) is 0 Å². The molecule has 0 unspecified atom stereocenters. The van der Waals surface area contributed by atoms with Crippen molar-refractivity contribution >= 4 is 23.5 Å². The highest BCUT2D eigenvalue weighted by Gasteiger charge is 2.52. The fourth-order valence-corrected chi connectivity index (χ4v) is 4.11. The molecule has 30 heavy (non-hydrogen) atoms. The Kier molecular flexibility index (Phi) is 5.27. The number of anilines is 1. The third kappa shape index (κ3) is 3.67. The molecule has 1 aromatic heterocycles. The van der Waals surface area contributed by atoms with E-state index in [0.29, 0.717) is 24.7 Å². The van der Waals surface area contributed by atoms with Crippen LogP contribution in [0, 0.1) is 11.6 Å². The Morgan fingerprint density at radius 2 is 1.97 bits per heavy atom. The molecule has 1 aromatic carbocycles. The van der Waals surface area contributed by atoms with Crippen molar-refractivity contribution in [2.75, 3.05) is 11.4 Å². The summed E-state index contributed by atoms with van der Waals surface area (Å²) in [5, 5.41) is 2.76. The Hall–Kier alpha value is -3.23. The van der Waals surface area contributed by atoms with Crippen LogP contribution < -0.4 is 10.2 Å². The van der Waals surface area contributed by atoms with Gasteiger partial charge in [0, 0.05) is 19.0 Å². The zero-order valence-electron chi connectivity index (χ0n) is 16.2. The van der Waals surface area contributed by atoms with Crippen LogP contribution in [0.4, 0.5) is 19.3 Å². The largest absolute Gasteiger partial charge is 0.467 e. The van der Waals surface area contributed by atoms with Crippen molar-refractivity contribution in [1.29, 1.82) is 0 Å². The zero-order valence-corrected chi connectivity index (χ0v) is 16.2. The molecule has 4 rings (SSSR count). The summed E-state index contributed by atoms with van der Waals surface area (Å²) in [6.07, 6.45) is 4.13. The number of imide groups is 1. The summed E-state index contributed by atoms with van der Waals surface area (Å²) in [7, 11) is 0. The monoisotopic (exact) mass is 417 g/mol. The molecular formula is C21H21F2N3O4. The van der Waals surface area contributed by atoms with E-state index >= 15 is 0 Å². The number of carbonyl (C=O) groups is 3. The summed E-state index contributed by atoms with van der Waals surface area (Å²) in [6, 6.07) is 5.67. The van der Waals surface area contributed by atoms with E-state index in [9.17, 15) is 23.2 Å². The first kappa shape index (κ1) is 20.1. The summed E-state index contributed by atoms with van der Waals surface area (Å²) in [6.45, 7) is -0.193. The number of hydrogen-bond acceptors (Lipinski definition) is 4. The molecule has 9 heteroatoms. The maximum atomic E-state index is 14.4. The minimum absolute atomic E-state index is 0.0710. The Morgan fingerprint density at radius 3 is 2.63 bits per heavy atom. The van der Waals surface area contributed by atoms with Crippen molar-refractivity contribution < 1.29 is 27.6 Å². The molecule has 1 aliphatic carbocycles. The topological polar surface area (TPSA) is 82.9 Å². The van der Waals surface area contributed by atoms with Crippen molar-refractivity contribution in [3.63, 3.8) is 0 Å². The second-order valence-electron chi connectivity index (χ2n) is 7.58.